The highest BCUT2D eigenvalue weighted by molar-refractivity contribution is 7.99. The van der Waals surface area contributed by atoms with Gasteiger partial charge in [0.25, 0.3) is 0 Å². The average molecular weight is 357 g/mol. The molecule has 2 aromatic carbocycles. The molecule has 22 heavy (non-hydrogen) atoms. The number of quaternary nitrogens is 1. The van der Waals surface area contributed by atoms with Crippen LogP contribution in [-0.4, -0.2) is 23.0 Å². The number of aliphatic hydroxyl groups is 1. The molecule has 2 aromatic rings. The molecular weight excluding hydrogens is 337 g/mol. The maximum atomic E-state index is 10.5. The summed E-state index contributed by atoms with van der Waals surface area (Å²) in [4.78, 5) is 1.07. The third-order valence-corrected chi connectivity index (χ3v) is 5.06. The Labute approximate surface area is 145 Å². The SMILES string of the molecule is C[C@](O)(C[NH2+]Cc1ccc(Cl)cc1)CSc1cccc(Cl)c1. The van der Waals surface area contributed by atoms with Gasteiger partial charge in [0, 0.05) is 26.3 Å². The van der Waals surface area contributed by atoms with Crippen molar-refractivity contribution in [3.63, 3.8) is 0 Å². The second-order valence-corrected chi connectivity index (χ2v) is 7.49. The molecule has 0 fully saturated rings. The second kappa shape index (κ2) is 8.23. The molecule has 0 aromatic heterocycles. The van der Waals surface area contributed by atoms with Crippen molar-refractivity contribution in [1.82, 2.24) is 0 Å². The van der Waals surface area contributed by atoms with E-state index in [1.54, 1.807) is 11.8 Å². The Balaban J connectivity index is 1.77. The maximum absolute atomic E-state index is 10.5. The molecule has 0 aliphatic rings. The topological polar surface area (TPSA) is 36.8 Å². The van der Waals surface area contributed by atoms with Gasteiger partial charge in [-0.3, -0.25) is 0 Å². The lowest BCUT2D eigenvalue weighted by atomic mass is 10.1. The van der Waals surface area contributed by atoms with Gasteiger partial charge < -0.3 is 10.4 Å². The zero-order valence-corrected chi connectivity index (χ0v) is 14.8. The highest BCUT2D eigenvalue weighted by Gasteiger charge is 2.22. The molecule has 1 atom stereocenters. The summed E-state index contributed by atoms with van der Waals surface area (Å²) < 4.78 is 0. The van der Waals surface area contributed by atoms with Crippen molar-refractivity contribution in [2.45, 2.75) is 24.0 Å². The normalized spacial score (nSPS) is 13.8. The fourth-order valence-electron chi connectivity index (χ4n) is 2.02. The minimum Gasteiger partial charge on any atom is -0.383 e. The van der Waals surface area contributed by atoms with Crippen molar-refractivity contribution in [2.24, 2.45) is 0 Å². The first-order chi connectivity index (χ1) is 10.4. The number of nitrogens with two attached hydrogens (primary N) is 1. The van der Waals surface area contributed by atoms with E-state index in [-0.39, 0.29) is 0 Å². The highest BCUT2D eigenvalue weighted by atomic mass is 35.5. The zero-order chi connectivity index (χ0) is 16.0. The van der Waals surface area contributed by atoms with Crippen LogP contribution >= 0.6 is 35.0 Å². The van der Waals surface area contributed by atoms with Crippen molar-refractivity contribution < 1.29 is 10.4 Å². The Morgan fingerprint density at radius 3 is 2.50 bits per heavy atom. The van der Waals surface area contributed by atoms with Crippen LogP contribution in [0.25, 0.3) is 0 Å². The van der Waals surface area contributed by atoms with E-state index in [0.29, 0.717) is 12.3 Å². The molecule has 0 heterocycles. The molecule has 0 bridgehead atoms. The van der Waals surface area contributed by atoms with Crippen molar-refractivity contribution >= 4 is 35.0 Å². The molecule has 0 unspecified atom stereocenters. The number of rotatable bonds is 7. The van der Waals surface area contributed by atoms with E-state index in [4.69, 9.17) is 23.2 Å². The van der Waals surface area contributed by atoms with E-state index >= 15 is 0 Å². The van der Waals surface area contributed by atoms with E-state index in [1.807, 2.05) is 55.5 Å². The number of benzene rings is 2. The summed E-state index contributed by atoms with van der Waals surface area (Å²) >= 11 is 13.5. The molecule has 0 aliphatic carbocycles. The molecule has 0 radical (unpaired) electrons. The van der Waals surface area contributed by atoms with Crippen molar-refractivity contribution in [3.8, 4) is 0 Å². The quantitative estimate of drug-likeness (QED) is 0.743. The first kappa shape index (κ1) is 17.6. The van der Waals surface area contributed by atoms with Gasteiger partial charge in [0.05, 0.1) is 0 Å². The van der Waals surface area contributed by atoms with Crippen molar-refractivity contribution in [1.29, 1.82) is 0 Å². The van der Waals surface area contributed by atoms with Crippen LogP contribution in [0.2, 0.25) is 10.0 Å². The second-order valence-electron chi connectivity index (χ2n) is 5.57. The molecule has 0 aliphatic heterocycles. The zero-order valence-electron chi connectivity index (χ0n) is 12.4. The number of halogens is 2. The van der Waals surface area contributed by atoms with Crippen LogP contribution in [0.5, 0.6) is 0 Å². The van der Waals surface area contributed by atoms with Crippen molar-refractivity contribution in [3.05, 3.63) is 64.1 Å². The minimum atomic E-state index is -0.737. The molecule has 118 valence electrons. The standard InChI is InChI=1S/C17H19Cl2NOS/c1-17(21,12-22-16-4-2-3-15(19)9-16)11-20-10-13-5-7-14(18)8-6-13/h2-9,20-21H,10-12H2,1H3/p+1/t17-/m0/s1. The molecule has 2 nitrogen and oxygen atoms in total. The van der Waals surface area contributed by atoms with Gasteiger partial charge in [-0.2, -0.15) is 0 Å². The fourth-order valence-corrected chi connectivity index (χ4v) is 3.39. The molecule has 0 saturated carbocycles. The van der Waals surface area contributed by atoms with Gasteiger partial charge in [0.2, 0.25) is 0 Å². The van der Waals surface area contributed by atoms with Gasteiger partial charge in [-0.25, -0.2) is 0 Å². The molecule has 3 N–H and O–H groups in total. The maximum Gasteiger partial charge on any atom is 0.120 e. The van der Waals surface area contributed by atoms with Gasteiger partial charge in [0.1, 0.15) is 18.7 Å². The molecule has 0 spiro atoms. The Kier molecular flexibility index (Phi) is 6.60. The van der Waals surface area contributed by atoms with E-state index in [1.165, 1.54) is 5.56 Å². The predicted octanol–water partition coefficient (Wildman–Crippen LogP) is 3.60. The largest absolute Gasteiger partial charge is 0.383 e. The summed E-state index contributed by atoms with van der Waals surface area (Å²) in [5, 5.41) is 14.0. The summed E-state index contributed by atoms with van der Waals surface area (Å²) in [7, 11) is 0. The van der Waals surface area contributed by atoms with Gasteiger partial charge in [0.15, 0.2) is 0 Å². The van der Waals surface area contributed by atoms with Gasteiger partial charge in [-0.05, 0) is 37.3 Å². The van der Waals surface area contributed by atoms with E-state index in [0.717, 1.165) is 21.5 Å². The van der Waals surface area contributed by atoms with Crippen LogP contribution in [0.15, 0.2) is 53.4 Å². The van der Waals surface area contributed by atoms with Gasteiger partial charge in [-0.1, -0.05) is 41.4 Å². The van der Waals surface area contributed by atoms with Crippen LogP contribution in [0.4, 0.5) is 0 Å². The summed E-state index contributed by atoms with van der Waals surface area (Å²) in [5.74, 6) is 0.629. The van der Waals surface area contributed by atoms with Gasteiger partial charge in [-0.15, -0.1) is 11.8 Å². The summed E-state index contributed by atoms with van der Waals surface area (Å²) in [6.07, 6.45) is 0. The monoisotopic (exact) mass is 356 g/mol. The Morgan fingerprint density at radius 2 is 1.82 bits per heavy atom. The molecule has 0 amide bonds. The summed E-state index contributed by atoms with van der Waals surface area (Å²) in [6, 6.07) is 15.5. The minimum absolute atomic E-state index is 0.629. The number of hydrogen-bond donors (Lipinski definition) is 2. The molecule has 0 saturated heterocycles. The molecule has 5 heteroatoms. The summed E-state index contributed by atoms with van der Waals surface area (Å²) in [5.41, 5.74) is 0.460. The number of thioether (sulfide) groups is 1. The Hall–Kier alpha value is -0.710. The lowest BCUT2D eigenvalue weighted by Gasteiger charge is -2.21. The average Bonchev–Trinajstić information content (AvgIpc) is 2.47. The van der Waals surface area contributed by atoms with Crippen LogP contribution in [-0.2, 0) is 6.54 Å². The van der Waals surface area contributed by atoms with Gasteiger partial charge >= 0.3 is 0 Å². The van der Waals surface area contributed by atoms with E-state index < -0.39 is 5.60 Å². The third-order valence-electron chi connectivity index (χ3n) is 3.22. The fraction of sp³-hybridized carbons (Fsp3) is 0.294. The first-order valence-electron chi connectivity index (χ1n) is 7.11. The Bertz CT molecular complexity index is 602. The van der Waals surface area contributed by atoms with Crippen LogP contribution in [0.3, 0.4) is 0 Å². The lowest BCUT2D eigenvalue weighted by molar-refractivity contribution is -0.681. The van der Waals surface area contributed by atoms with E-state index in [9.17, 15) is 5.11 Å². The number of hydrogen-bond acceptors (Lipinski definition) is 2. The smallest absolute Gasteiger partial charge is 0.120 e. The van der Waals surface area contributed by atoms with Crippen molar-refractivity contribution in [2.75, 3.05) is 12.3 Å². The Morgan fingerprint density at radius 1 is 1.09 bits per heavy atom. The third kappa shape index (κ3) is 6.19. The molecular formula is C17H20Cl2NOS+. The first-order valence-corrected chi connectivity index (χ1v) is 8.86. The van der Waals surface area contributed by atoms with Crippen LogP contribution < -0.4 is 5.32 Å². The van der Waals surface area contributed by atoms with E-state index in [2.05, 4.69) is 5.32 Å². The summed E-state index contributed by atoms with van der Waals surface area (Å²) in [6.45, 7) is 3.33. The predicted molar refractivity (Wildman–Crippen MR) is 94.7 cm³/mol. The van der Waals surface area contributed by atoms with Crippen LogP contribution in [0, 0.1) is 0 Å². The highest BCUT2D eigenvalue weighted by Crippen LogP contribution is 2.24. The lowest BCUT2D eigenvalue weighted by Crippen LogP contribution is -2.86. The van der Waals surface area contributed by atoms with Crippen LogP contribution in [0.1, 0.15) is 12.5 Å². The molecule has 2 rings (SSSR count).